The van der Waals surface area contributed by atoms with Gasteiger partial charge in [0.1, 0.15) is 11.3 Å². The van der Waals surface area contributed by atoms with Crippen LogP contribution in [0.25, 0.3) is 0 Å². The second-order valence-corrected chi connectivity index (χ2v) is 20.2. The Hall–Kier alpha value is -2.61. The zero-order valence-corrected chi connectivity index (χ0v) is 31.5. The first-order valence-corrected chi connectivity index (χ1v) is 20.3. The fourth-order valence-electron chi connectivity index (χ4n) is 6.87. The van der Waals surface area contributed by atoms with E-state index in [1.165, 1.54) is 0 Å². The van der Waals surface area contributed by atoms with Gasteiger partial charge in [0, 0.05) is 17.1 Å². The van der Waals surface area contributed by atoms with Gasteiger partial charge in [-0.1, -0.05) is 47.5 Å². The predicted octanol–water partition coefficient (Wildman–Crippen LogP) is 7.78. The summed E-state index contributed by atoms with van der Waals surface area (Å²) in [4.78, 5) is 35.7. The van der Waals surface area contributed by atoms with Gasteiger partial charge in [0.25, 0.3) is 5.88 Å². The molecule has 2 aromatic rings. The lowest BCUT2D eigenvalue weighted by atomic mass is 9.58. The van der Waals surface area contributed by atoms with E-state index < -0.39 is 55.1 Å². The summed E-state index contributed by atoms with van der Waals surface area (Å²) in [5.74, 6) is -3.15. The molecule has 258 valence electrons. The Balaban J connectivity index is 1.78. The van der Waals surface area contributed by atoms with Crippen molar-refractivity contribution in [2.75, 3.05) is 27.3 Å². The van der Waals surface area contributed by atoms with Crippen molar-refractivity contribution >= 4 is 35.8 Å². The molecule has 2 aromatic heterocycles. The van der Waals surface area contributed by atoms with Crippen LogP contribution in [-0.4, -0.2) is 72.9 Å². The number of unbranched alkanes of at least 4 members (excludes halogenated alkanes) is 2. The Morgan fingerprint density at radius 1 is 1.11 bits per heavy atom. The van der Waals surface area contributed by atoms with Crippen molar-refractivity contribution in [2.45, 2.75) is 103 Å². The van der Waals surface area contributed by atoms with Crippen LogP contribution in [0.5, 0.6) is 11.6 Å². The third kappa shape index (κ3) is 5.78. The molecule has 0 radical (unpaired) electrons. The number of rotatable bonds is 11. The van der Waals surface area contributed by atoms with Crippen molar-refractivity contribution in [1.29, 1.82) is 0 Å². The van der Waals surface area contributed by atoms with E-state index in [0.29, 0.717) is 19.0 Å². The van der Waals surface area contributed by atoms with Gasteiger partial charge < -0.3 is 23.5 Å². The van der Waals surface area contributed by atoms with Gasteiger partial charge in [-0.05, 0) is 84.9 Å². The lowest BCUT2D eigenvalue weighted by Crippen LogP contribution is -2.65. The maximum Gasteiger partial charge on any atom is 0.265 e. The highest BCUT2D eigenvalue weighted by molar-refractivity contribution is 9.10. The minimum absolute atomic E-state index is 0.0147. The standard InChI is InChI=1S/C34H47BrFN3O7Si/c1-10-12-14-43-27-22-19(31(36)37-30(27)35)16-18-17-20-24(39(6)7)26-23(32(38-45-26)44-15-13-11-2)29(42)34(20,28(41)21(18)25(22)40)46-47(8,9)33(3,4)5/h18,20,24,41H,10-17H2,1-9H3/t18-,20-,24-,34-/m0/s1. The molecule has 4 atom stereocenters. The molecule has 0 saturated heterocycles. The number of fused-ring (bicyclic) bond motifs is 4. The second-order valence-electron chi connectivity index (χ2n) is 14.7. The van der Waals surface area contributed by atoms with Gasteiger partial charge >= 0.3 is 0 Å². The van der Waals surface area contributed by atoms with E-state index >= 15 is 9.18 Å². The van der Waals surface area contributed by atoms with E-state index in [4.69, 9.17) is 18.4 Å². The number of pyridine rings is 1. The number of aliphatic hydroxyl groups is 1. The molecule has 2 heterocycles. The molecule has 0 amide bonds. The predicted molar refractivity (Wildman–Crippen MR) is 180 cm³/mol. The highest BCUT2D eigenvalue weighted by Gasteiger charge is 2.67. The Bertz CT molecular complexity index is 1600. The maximum absolute atomic E-state index is 15.5. The van der Waals surface area contributed by atoms with E-state index in [2.05, 4.69) is 46.8 Å². The van der Waals surface area contributed by atoms with Crippen LogP contribution in [0.3, 0.4) is 0 Å². The van der Waals surface area contributed by atoms with Gasteiger partial charge in [0.05, 0.1) is 24.8 Å². The molecular formula is C34H47BrFN3O7Si. The summed E-state index contributed by atoms with van der Waals surface area (Å²) in [5.41, 5.74) is -1.62. The zero-order chi connectivity index (χ0) is 34.6. The quantitative estimate of drug-likeness (QED) is 0.139. The third-order valence-corrected chi connectivity index (χ3v) is 15.3. The monoisotopic (exact) mass is 735 g/mol. The van der Waals surface area contributed by atoms with Crippen LogP contribution in [-0.2, 0) is 10.8 Å². The van der Waals surface area contributed by atoms with Gasteiger partial charge in [-0.3, -0.25) is 14.5 Å². The minimum atomic E-state index is -2.85. The summed E-state index contributed by atoms with van der Waals surface area (Å²) in [5, 5.41) is 16.4. The zero-order valence-electron chi connectivity index (χ0n) is 28.9. The van der Waals surface area contributed by atoms with Crippen molar-refractivity contribution in [2.24, 2.45) is 11.8 Å². The molecule has 13 heteroatoms. The van der Waals surface area contributed by atoms with Gasteiger partial charge in [-0.25, -0.2) is 4.98 Å². The van der Waals surface area contributed by atoms with Crippen molar-refractivity contribution in [1.82, 2.24) is 15.0 Å². The van der Waals surface area contributed by atoms with Crippen LogP contribution in [0.1, 0.15) is 105 Å². The molecule has 0 saturated carbocycles. The molecule has 1 N–H and O–H groups in total. The Morgan fingerprint density at radius 3 is 2.34 bits per heavy atom. The Kier molecular flexibility index (Phi) is 9.88. The number of carbonyl (C=O) groups is 2. The van der Waals surface area contributed by atoms with E-state index in [1.807, 2.05) is 45.9 Å². The van der Waals surface area contributed by atoms with E-state index in [-0.39, 0.29) is 56.4 Å². The minimum Gasteiger partial charge on any atom is -0.508 e. The first kappa shape index (κ1) is 35.7. The molecule has 0 spiro atoms. The fraction of sp³-hybridized carbons (Fsp3) is 0.647. The number of carbonyl (C=O) groups excluding carboxylic acids is 2. The number of halogens is 2. The molecule has 0 aliphatic heterocycles. The molecule has 0 bridgehead atoms. The van der Waals surface area contributed by atoms with Crippen LogP contribution < -0.4 is 9.47 Å². The first-order valence-electron chi connectivity index (χ1n) is 16.6. The number of hydrogen-bond acceptors (Lipinski definition) is 10. The first-order chi connectivity index (χ1) is 22.0. The fourth-order valence-corrected chi connectivity index (χ4v) is 8.79. The summed E-state index contributed by atoms with van der Waals surface area (Å²) >= 11 is 3.30. The molecule has 0 unspecified atom stereocenters. The lowest BCUT2D eigenvalue weighted by Gasteiger charge is -2.55. The number of ether oxygens (including phenoxy) is 2. The maximum atomic E-state index is 15.5. The smallest absolute Gasteiger partial charge is 0.265 e. The summed E-state index contributed by atoms with van der Waals surface area (Å²) < 4.78 is 40.6. The highest BCUT2D eigenvalue weighted by atomic mass is 79.9. The topological polar surface area (TPSA) is 124 Å². The molecule has 10 nitrogen and oxygen atoms in total. The number of hydrogen-bond donors (Lipinski definition) is 1. The molecule has 0 fully saturated rings. The summed E-state index contributed by atoms with van der Waals surface area (Å²) in [6, 6.07) is -0.579. The number of allylic oxidation sites excluding steroid dienone is 1. The van der Waals surface area contributed by atoms with Crippen molar-refractivity contribution in [3.63, 3.8) is 0 Å². The largest absolute Gasteiger partial charge is 0.508 e. The van der Waals surface area contributed by atoms with Crippen LogP contribution in [0, 0.1) is 17.8 Å². The molecule has 3 aliphatic rings. The van der Waals surface area contributed by atoms with E-state index in [0.717, 1.165) is 25.7 Å². The number of Topliss-reactive ketones (excluding diaryl/α,β-unsaturated/α-hetero) is 2. The molecule has 3 aliphatic carbocycles. The average molecular weight is 737 g/mol. The molecule has 47 heavy (non-hydrogen) atoms. The van der Waals surface area contributed by atoms with Crippen LogP contribution >= 0.6 is 15.9 Å². The Morgan fingerprint density at radius 2 is 1.74 bits per heavy atom. The van der Waals surface area contributed by atoms with Gasteiger partial charge in [0.2, 0.25) is 11.7 Å². The van der Waals surface area contributed by atoms with Crippen molar-refractivity contribution < 1.29 is 37.5 Å². The summed E-state index contributed by atoms with van der Waals surface area (Å²) in [6.07, 6.45) is 3.53. The number of aromatic nitrogens is 2. The van der Waals surface area contributed by atoms with Gasteiger partial charge in [-0.2, -0.15) is 4.39 Å². The number of nitrogens with zero attached hydrogens (tertiary/aromatic N) is 3. The third-order valence-electron chi connectivity index (χ3n) is 10.3. The summed E-state index contributed by atoms with van der Waals surface area (Å²) in [6.45, 7) is 14.9. The van der Waals surface area contributed by atoms with Crippen molar-refractivity contribution in [3.05, 3.63) is 44.3 Å². The average Bonchev–Trinajstić information content (AvgIpc) is 3.39. The SMILES string of the molecule is CCCCOc1noc2c1C(=O)[C@@]1(O[Si](C)(C)C(C)(C)C)C(O)=C3C(=O)c4c(c(F)nc(Br)c4OCCCC)C[C@H]3C[C@H]1[C@@H]2N(C)C. The highest BCUT2D eigenvalue weighted by Crippen LogP contribution is 2.60. The molecular weight excluding hydrogens is 689 g/mol. The number of aliphatic hydroxyl groups excluding tert-OH is 1. The van der Waals surface area contributed by atoms with Gasteiger partial charge in [-0.15, -0.1) is 0 Å². The Labute approximate surface area is 285 Å². The normalized spacial score (nSPS) is 24.2. The van der Waals surface area contributed by atoms with Gasteiger partial charge in [0.15, 0.2) is 35.8 Å². The van der Waals surface area contributed by atoms with E-state index in [1.54, 1.807) is 0 Å². The number of ketones is 2. The van der Waals surface area contributed by atoms with E-state index in [9.17, 15) is 9.90 Å². The van der Waals surface area contributed by atoms with Crippen molar-refractivity contribution in [3.8, 4) is 11.6 Å². The summed E-state index contributed by atoms with van der Waals surface area (Å²) in [7, 11) is 0.875. The van der Waals surface area contributed by atoms with Crippen LogP contribution in [0.15, 0.2) is 20.5 Å². The lowest BCUT2D eigenvalue weighted by molar-refractivity contribution is -0.0481. The van der Waals surface area contributed by atoms with Crippen LogP contribution in [0.2, 0.25) is 18.1 Å². The molecule has 0 aromatic carbocycles. The molecule has 5 rings (SSSR count). The second kappa shape index (κ2) is 13.0. The van der Waals surface area contributed by atoms with Crippen LogP contribution in [0.4, 0.5) is 4.39 Å².